The Morgan fingerprint density at radius 2 is 1.82 bits per heavy atom. The van der Waals surface area contributed by atoms with Crippen LogP contribution in [0.2, 0.25) is 18.1 Å². The second-order valence-electron chi connectivity index (χ2n) is 7.15. The SMILES string of the molecule is CCC1CCC(O[Si](C)(C)C(C)(C)C)C[C@H]1N. The average Bonchev–Trinajstić information content (AvgIpc) is 2.15. The van der Waals surface area contributed by atoms with Gasteiger partial charge in [-0.1, -0.05) is 34.1 Å². The van der Waals surface area contributed by atoms with Gasteiger partial charge in [-0.25, -0.2) is 0 Å². The fourth-order valence-corrected chi connectivity index (χ4v) is 3.84. The van der Waals surface area contributed by atoms with Crippen molar-refractivity contribution in [3.63, 3.8) is 0 Å². The van der Waals surface area contributed by atoms with Crippen LogP contribution >= 0.6 is 0 Å². The highest BCUT2D eigenvalue weighted by Crippen LogP contribution is 2.39. The predicted octanol–water partition coefficient (Wildman–Crippen LogP) is 3.91. The van der Waals surface area contributed by atoms with Crippen molar-refractivity contribution >= 4 is 8.32 Å². The lowest BCUT2D eigenvalue weighted by Crippen LogP contribution is -2.48. The second kappa shape index (κ2) is 5.41. The molecule has 2 unspecified atom stereocenters. The van der Waals surface area contributed by atoms with Gasteiger partial charge < -0.3 is 10.2 Å². The molecule has 1 fully saturated rings. The molecule has 0 radical (unpaired) electrons. The van der Waals surface area contributed by atoms with E-state index in [1.807, 2.05) is 0 Å². The van der Waals surface area contributed by atoms with E-state index in [1.165, 1.54) is 19.3 Å². The normalized spacial score (nSPS) is 31.6. The monoisotopic (exact) mass is 257 g/mol. The van der Waals surface area contributed by atoms with E-state index in [9.17, 15) is 0 Å². The summed E-state index contributed by atoms with van der Waals surface area (Å²) in [5.41, 5.74) is 6.24. The average molecular weight is 257 g/mol. The minimum atomic E-state index is -1.61. The van der Waals surface area contributed by atoms with Crippen LogP contribution in [-0.2, 0) is 4.43 Å². The summed E-state index contributed by atoms with van der Waals surface area (Å²) in [4.78, 5) is 0. The Hall–Kier alpha value is 0.137. The quantitative estimate of drug-likeness (QED) is 0.778. The molecule has 0 spiro atoms. The third kappa shape index (κ3) is 3.80. The van der Waals surface area contributed by atoms with Crippen molar-refractivity contribution in [2.75, 3.05) is 0 Å². The third-order valence-corrected chi connectivity index (χ3v) is 9.33. The molecule has 1 saturated carbocycles. The van der Waals surface area contributed by atoms with Crippen LogP contribution in [-0.4, -0.2) is 20.5 Å². The molecule has 0 aromatic carbocycles. The van der Waals surface area contributed by atoms with Crippen molar-refractivity contribution in [2.24, 2.45) is 11.7 Å². The number of hydrogen-bond donors (Lipinski definition) is 1. The smallest absolute Gasteiger partial charge is 0.192 e. The summed E-state index contributed by atoms with van der Waals surface area (Å²) >= 11 is 0. The largest absolute Gasteiger partial charge is 0.414 e. The standard InChI is InChI=1S/C14H31NOSi/c1-7-11-8-9-12(10-13(11)15)16-17(5,6)14(2,3)4/h11-13H,7-10,15H2,1-6H3/t11?,12?,13-/m1/s1. The van der Waals surface area contributed by atoms with E-state index in [0.29, 0.717) is 23.1 Å². The fraction of sp³-hybridized carbons (Fsp3) is 1.00. The van der Waals surface area contributed by atoms with Crippen LogP contribution in [0.3, 0.4) is 0 Å². The van der Waals surface area contributed by atoms with Crippen molar-refractivity contribution in [3.8, 4) is 0 Å². The second-order valence-corrected chi connectivity index (χ2v) is 11.9. The fourth-order valence-electron chi connectivity index (χ4n) is 2.44. The summed E-state index contributed by atoms with van der Waals surface area (Å²) in [7, 11) is -1.61. The molecule has 0 aliphatic heterocycles. The van der Waals surface area contributed by atoms with E-state index in [-0.39, 0.29) is 0 Å². The summed E-state index contributed by atoms with van der Waals surface area (Å²) in [5.74, 6) is 0.717. The van der Waals surface area contributed by atoms with Crippen LogP contribution in [0.15, 0.2) is 0 Å². The summed E-state index contributed by atoms with van der Waals surface area (Å²) < 4.78 is 6.47. The van der Waals surface area contributed by atoms with Crippen LogP contribution < -0.4 is 5.73 Å². The lowest BCUT2D eigenvalue weighted by atomic mass is 9.82. The molecule has 0 saturated heterocycles. The van der Waals surface area contributed by atoms with E-state index in [2.05, 4.69) is 40.8 Å². The van der Waals surface area contributed by atoms with E-state index in [4.69, 9.17) is 10.2 Å². The molecule has 3 atom stereocenters. The molecule has 3 heteroatoms. The molecule has 0 heterocycles. The van der Waals surface area contributed by atoms with Crippen LogP contribution in [0.4, 0.5) is 0 Å². The highest BCUT2D eigenvalue weighted by atomic mass is 28.4. The molecule has 102 valence electrons. The first-order chi connectivity index (χ1) is 7.67. The maximum Gasteiger partial charge on any atom is 0.192 e. The van der Waals surface area contributed by atoms with Gasteiger partial charge in [0.25, 0.3) is 0 Å². The van der Waals surface area contributed by atoms with Crippen molar-refractivity contribution in [1.82, 2.24) is 0 Å². The van der Waals surface area contributed by atoms with Gasteiger partial charge in [0.05, 0.1) is 0 Å². The highest BCUT2D eigenvalue weighted by Gasteiger charge is 2.40. The van der Waals surface area contributed by atoms with Crippen molar-refractivity contribution < 1.29 is 4.43 Å². The Morgan fingerprint density at radius 1 is 1.24 bits per heavy atom. The lowest BCUT2D eigenvalue weighted by Gasteiger charge is -2.42. The molecule has 0 aromatic heterocycles. The van der Waals surface area contributed by atoms with Gasteiger partial charge in [-0.15, -0.1) is 0 Å². The summed E-state index contributed by atoms with van der Waals surface area (Å²) in [5, 5.41) is 0.304. The maximum absolute atomic E-state index is 6.47. The molecule has 0 amide bonds. The van der Waals surface area contributed by atoms with Gasteiger partial charge in [-0.3, -0.25) is 0 Å². The Balaban J connectivity index is 2.55. The molecule has 1 rings (SSSR count). The Bertz CT molecular complexity index is 247. The van der Waals surface area contributed by atoms with Crippen molar-refractivity contribution in [3.05, 3.63) is 0 Å². The van der Waals surface area contributed by atoms with Gasteiger partial charge in [0.1, 0.15) is 0 Å². The van der Waals surface area contributed by atoms with E-state index < -0.39 is 8.32 Å². The van der Waals surface area contributed by atoms with Gasteiger partial charge >= 0.3 is 0 Å². The molecule has 1 aliphatic rings. The third-order valence-electron chi connectivity index (χ3n) is 4.79. The highest BCUT2D eigenvalue weighted by molar-refractivity contribution is 6.74. The topological polar surface area (TPSA) is 35.2 Å². The molecular formula is C14H31NOSi. The molecule has 17 heavy (non-hydrogen) atoms. The van der Waals surface area contributed by atoms with E-state index in [0.717, 1.165) is 6.42 Å². The zero-order valence-corrected chi connectivity index (χ0v) is 13.5. The zero-order valence-electron chi connectivity index (χ0n) is 12.5. The first kappa shape index (κ1) is 15.2. The molecule has 0 bridgehead atoms. The van der Waals surface area contributed by atoms with Crippen LogP contribution in [0.25, 0.3) is 0 Å². The van der Waals surface area contributed by atoms with Gasteiger partial charge in [-0.05, 0) is 43.3 Å². The summed E-state index contributed by atoms with van der Waals surface area (Å²) in [6, 6.07) is 0.350. The van der Waals surface area contributed by atoms with Gasteiger partial charge in [0, 0.05) is 12.1 Å². The molecule has 2 N–H and O–H groups in total. The van der Waals surface area contributed by atoms with Crippen LogP contribution in [0.1, 0.15) is 53.4 Å². The van der Waals surface area contributed by atoms with Gasteiger partial charge in [0.15, 0.2) is 8.32 Å². The Morgan fingerprint density at radius 3 is 2.24 bits per heavy atom. The van der Waals surface area contributed by atoms with Crippen LogP contribution in [0.5, 0.6) is 0 Å². The maximum atomic E-state index is 6.47. The van der Waals surface area contributed by atoms with Gasteiger partial charge in [-0.2, -0.15) is 0 Å². The number of nitrogens with two attached hydrogens (primary N) is 1. The van der Waals surface area contributed by atoms with Crippen LogP contribution in [0, 0.1) is 5.92 Å². The van der Waals surface area contributed by atoms with Gasteiger partial charge in [0.2, 0.25) is 0 Å². The predicted molar refractivity (Wildman–Crippen MR) is 77.7 cm³/mol. The number of hydrogen-bond acceptors (Lipinski definition) is 2. The molecular weight excluding hydrogens is 226 g/mol. The Kier molecular flexibility index (Phi) is 4.84. The van der Waals surface area contributed by atoms with Crippen molar-refractivity contribution in [2.45, 2.75) is 83.7 Å². The Labute approximate surface area is 108 Å². The van der Waals surface area contributed by atoms with Crippen molar-refractivity contribution in [1.29, 1.82) is 0 Å². The first-order valence-corrected chi connectivity index (χ1v) is 10.0. The van der Waals surface area contributed by atoms with E-state index in [1.54, 1.807) is 0 Å². The first-order valence-electron chi connectivity index (χ1n) is 7.10. The summed E-state index contributed by atoms with van der Waals surface area (Å²) in [6.07, 6.45) is 5.14. The molecule has 0 aromatic rings. The van der Waals surface area contributed by atoms with E-state index >= 15 is 0 Å². The lowest BCUT2D eigenvalue weighted by molar-refractivity contribution is 0.102. The molecule has 1 aliphatic carbocycles. The number of rotatable bonds is 3. The summed E-state index contributed by atoms with van der Waals surface area (Å²) in [6.45, 7) is 13.8. The molecule has 2 nitrogen and oxygen atoms in total. The minimum absolute atomic E-state index is 0.304. The zero-order chi connectivity index (χ0) is 13.3. The minimum Gasteiger partial charge on any atom is -0.414 e.